The van der Waals surface area contributed by atoms with E-state index in [1.807, 2.05) is 24.3 Å². The van der Waals surface area contributed by atoms with Gasteiger partial charge in [-0.3, -0.25) is 9.59 Å². The lowest BCUT2D eigenvalue weighted by Gasteiger charge is -2.10. The Hall–Kier alpha value is -2.56. The molecule has 0 atom stereocenters. The summed E-state index contributed by atoms with van der Waals surface area (Å²) >= 11 is 0. The SMILES string of the molecule is COc1ccc(OC(=O)CCC(=O)O)c2ccccc12. The molecule has 2 rings (SSSR count). The third-order valence-corrected chi connectivity index (χ3v) is 2.83. The average Bonchev–Trinajstić information content (AvgIpc) is 2.45. The molecule has 1 N–H and O–H groups in total. The van der Waals surface area contributed by atoms with Crippen LogP contribution in [0.4, 0.5) is 0 Å². The highest BCUT2D eigenvalue weighted by atomic mass is 16.5. The van der Waals surface area contributed by atoms with Gasteiger partial charge in [-0.2, -0.15) is 0 Å². The first-order valence-corrected chi connectivity index (χ1v) is 6.10. The monoisotopic (exact) mass is 274 g/mol. The van der Waals surface area contributed by atoms with Crippen molar-refractivity contribution in [3.8, 4) is 11.5 Å². The van der Waals surface area contributed by atoms with Gasteiger partial charge >= 0.3 is 11.9 Å². The number of carbonyl (C=O) groups excluding carboxylic acids is 1. The van der Waals surface area contributed by atoms with Crippen LogP contribution in [0.3, 0.4) is 0 Å². The number of ether oxygens (including phenoxy) is 2. The second kappa shape index (κ2) is 6.06. The summed E-state index contributed by atoms with van der Waals surface area (Å²) in [7, 11) is 1.57. The number of rotatable bonds is 5. The van der Waals surface area contributed by atoms with E-state index in [1.165, 1.54) is 0 Å². The van der Waals surface area contributed by atoms with Crippen LogP contribution >= 0.6 is 0 Å². The summed E-state index contributed by atoms with van der Waals surface area (Å²) in [6.45, 7) is 0. The van der Waals surface area contributed by atoms with Gasteiger partial charge in [0.05, 0.1) is 20.0 Å². The summed E-state index contributed by atoms with van der Waals surface area (Å²) in [6.07, 6.45) is -0.400. The summed E-state index contributed by atoms with van der Waals surface area (Å²) in [5, 5.41) is 10.1. The molecule has 0 saturated carbocycles. The first-order chi connectivity index (χ1) is 9.61. The number of carboxylic acids is 1. The summed E-state index contributed by atoms with van der Waals surface area (Å²) < 4.78 is 10.5. The maximum Gasteiger partial charge on any atom is 0.311 e. The van der Waals surface area contributed by atoms with Gasteiger partial charge in [0.2, 0.25) is 0 Å². The quantitative estimate of drug-likeness (QED) is 0.670. The Morgan fingerprint density at radius 2 is 1.60 bits per heavy atom. The number of fused-ring (bicyclic) bond motifs is 1. The number of hydrogen-bond acceptors (Lipinski definition) is 4. The van der Waals surface area contributed by atoms with Crippen LogP contribution in [0.15, 0.2) is 36.4 Å². The van der Waals surface area contributed by atoms with Crippen molar-refractivity contribution < 1.29 is 24.2 Å². The second-order valence-electron chi connectivity index (χ2n) is 4.18. The maximum absolute atomic E-state index is 11.6. The number of hydrogen-bond donors (Lipinski definition) is 1. The van der Waals surface area contributed by atoms with Gasteiger partial charge in [0, 0.05) is 10.8 Å². The molecule has 0 bridgehead atoms. The largest absolute Gasteiger partial charge is 0.496 e. The first-order valence-electron chi connectivity index (χ1n) is 6.10. The van der Waals surface area contributed by atoms with Gasteiger partial charge in [-0.1, -0.05) is 24.3 Å². The highest BCUT2D eigenvalue weighted by Gasteiger charge is 2.12. The molecule has 0 saturated heterocycles. The molecule has 2 aromatic carbocycles. The fourth-order valence-corrected chi connectivity index (χ4v) is 1.89. The predicted molar refractivity (Wildman–Crippen MR) is 73.0 cm³/mol. The van der Waals surface area contributed by atoms with Gasteiger partial charge in [0.15, 0.2) is 0 Å². The third-order valence-electron chi connectivity index (χ3n) is 2.83. The topological polar surface area (TPSA) is 72.8 Å². The molecular formula is C15H14O5. The molecule has 0 heterocycles. The number of esters is 1. The molecule has 0 aliphatic carbocycles. The van der Waals surface area contributed by atoms with Gasteiger partial charge in [0.25, 0.3) is 0 Å². The third kappa shape index (κ3) is 3.06. The van der Waals surface area contributed by atoms with E-state index in [4.69, 9.17) is 14.6 Å². The van der Waals surface area contributed by atoms with Crippen LogP contribution in [0.25, 0.3) is 10.8 Å². The van der Waals surface area contributed by atoms with Crippen LogP contribution in [-0.2, 0) is 9.59 Å². The van der Waals surface area contributed by atoms with E-state index < -0.39 is 11.9 Å². The molecule has 0 unspecified atom stereocenters. The second-order valence-corrected chi connectivity index (χ2v) is 4.18. The summed E-state index contributed by atoms with van der Waals surface area (Å²) in [5.41, 5.74) is 0. The zero-order valence-corrected chi connectivity index (χ0v) is 11.0. The molecule has 0 aliphatic heterocycles. The van der Waals surface area contributed by atoms with Gasteiger partial charge in [0.1, 0.15) is 11.5 Å². The van der Waals surface area contributed by atoms with Crippen LogP contribution in [0.2, 0.25) is 0 Å². The molecule has 0 aliphatic rings. The van der Waals surface area contributed by atoms with Gasteiger partial charge < -0.3 is 14.6 Å². The molecular weight excluding hydrogens is 260 g/mol. The van der Waals surface area contributed by atoms with Crippen molar-refractivity contribution in [2.75, 3.05) is 7.11 Å². The molecule has 20 heavy (non-hydrogen) atoms. The lowest BCUT2D eigenvalue weighted by atomic mass is 10.1. The number of carboxylic acid groups (broad SMARTS) is 1. The smallest absolute Gasteiger partial charge is 0.311 e. The minimum Gasteiger partial charge on any atom is -0.496 e. The van der Waals surface area contributed by atoms with Crippen molar-refractivity contribution in [2.24, 2.45) is 0 Å². The van der Waals surface area contributed by atoms with E-state index in [9.17, 15) is 9.59 Å². The fourth-order valence-electron chi connectivity index (χ4n) is 1.89. The van der Waals surface area contributed by atoms with E-state index in [0.717, 1.165) is 10.8 Å². The Balaban J connectivity index is 2.27. The number of carbonyl (C=O) groups is 2. The van der Waals surface area contributed by atoms with Crippen molar-refractivity contribution >= 4 is 22.7 Å². The van der Waals surface area contributed by atoms with E-state index in [2.05, 4.69) is 0 Å². The van der Waals surface area contributed by atoms with Crippen molar-refractivity contribution in [3.05, 3.63) is 36.4 Å². The van der Waals surface area contributed by atoms with E-state index in [0.29, 0.717) is 11.5 Å². The Labute approximate surface area is 115 Å². The molecule has 0 amide bonds. The minimum absolute atomic E-state index is 0.157. The molecule has 0 spiro atoms. The Morgan fingerprint density at radius 3 is 2.20 bits per heavy atom. The first kappa shape index (κ1) is 13.9. The average molecular weight is 274 g/mol. The summed E-state index contributed by atoms with van der Waals surface area (Å²) in [5.74, 6) is -0.507. The number of methoxy groups -OCH3 is 1. The molecule has 5 nitrogen and oxygen atoms in total. The molecule has 0 aromatic heterocycles. The standard InChI is InChI=1S/C15H14O5/c1-19-12-6-7-13(11-5-3-2-4-10(11)12)20-15(18)9-8-14(16)17/h2-7H,8-9H2,1H3,(H,16,17). The molecule has 0 fully saturated rings. The highest BCUT2D eigenvalue weighted by molar-refractivity contribution is 5.94. The zero-order valence-electron chi connectivity index (χ0n) is 11.0. The minimum atomic E-state index is -1.03. The number of aliphatic carboxylic acids is 1. The van der Waals surface area contributed by atoms with Crippen molar-refractivity contribution in [3.63, 3.8) is 0 Å². The van der Waals surface area contributed by atoms with Crippen molar-refractivity contribution in [2.45, 2.75) is 12.8 Å². The van der Waals surface area contributed by atoms with E-state index in [-0.39, 0.29) is 12.8 Å². The lowest BCUT2D eigenvalue weighted by Crippen LogP contribution is -2.10. The Bertz CT molecular complexity index is 648. The normalized spacial score (nSPS) is 10.2. The summed E-state index contributed by atoms with van der Waals surface area (Å²) in [6, 6.07) is 10.7. The molecule has 104 valence electrons. The van der Waals surface area contributed by atoms with Crippen LogP contribution in [0.5, 0.6) is 11.5 Å². The van der Waals surface area contributed by atoms with Crippen LogP contribution in [0, 0.1) is 0 Å². The zero-order chi connectivity index (χ0) is 14.5. The van der Waals surface area contributed by atoms with Crippen molar-refractivity contribution in [1.29, 1.82) is 0 Å². The molecule has 2 aromatic rings. The van der Waals surface area contributed by atoms with E-state index >= 15 is 0 Å². The Morgan fingerprint density at radius 1 is 1.00 bits per heavy atom. The molecule has 0 radical (unpaired) electrons. The lowest BCUT2D eigenvalue weighted by molar-refractivity contribution is -0.142. The Kier molecular flexibility index (Phi) is 4.20. The van der Waals surface area contributed by atoms with Crippen LogP contribution in [-0.4, -0.2) is 24.2 Å². The molecule has 5 heteroatoms. The maximum atomic E-state index is 11.6. The van der Waals surface area contributed by atoms with Gasteiger partial charge in [-0.25, -0.2) is 0 Å². The van der Waals surface area contributed by atoms with Gasteiger partial charge in [-0.15, -0.1) is 0 Å². The summed E-state index contributed by atoms with van der Waals surface area (Å²) in [4.78, 5) is 22.0. The fraction of sp³-hybridized carbons (Fsp3) is 0.200. The van der Waals surface area contributed by atoms with Crippen molar-refractivity contribution in [1.82, 2.24) is 0 Å². The highest BCUT2D eigenvalue weighted by Crippen LogP contribution is 2.33. The number of benzene rings is 2. The predicted octanol–water partition coefficient (Wildman–Crippen LogP) is 2.62. The van der Waals surface area contributed by atoms with Gasteiger partial charge in [-0.05, 0) is 12.1 Å². The van der Waals surface area contributed by atoms with Crippen LogP contribution in [0.1, 0.15) is 12.8 Å². The van der Waals surface area contributed by atoms with Crippen LogP contribution < -0.4 is 9.47 Å². The van der Waals surface area contributed by atoms with E-state index in [1.54, 1.807) is 19.2 Å².